The van der Waals surface area contributed by atoms with Crippen molar-refractivity contribution in [3.8, 4) is 0 Å². The van der Waals surface area contributed by atoms with Gasteiger partial charge in [-0.3, -0.25) is 14.4 Å². The number of fused-ring (bicyclic) bond motifs is 1. The van der Waals surface area contributed by atoms with E-state index in [-0.39, 0.29) is 31.4 Å². The molecule has 0 aliphatic carbocycles. The molecule has 0 spiro atoms. The zero-order valence-corrected chi connectivity index (χ0v) is 14.6. The molecule has 1 N–H and O–H groups in total. The summed E-state index contributed by atoms with van der Waals surface area (Å²) in [6.45, 7) is 2.60. The van der Waals surface area contributed by atoms with Gasteiger partial charge in [-0.25, -0.2) is 0 Å². The number of carbonyl (C=O) groups is 3. The summed E-state index contributed by atoms with van der Waals surface area (Å²) in [6, 6.07) is 7.61. The third-order valence-corrected chi connectivity index (χ3v) is 4.61. The average molecular weight is 350 g/mol. The zero-order valence-electron chi connectivity index (χ0n) is 13.7. The number of esters is 1. The second-order valence-corrected chi connectivity index (χ2v) is 6.43. The Balaban J connectivity index is 1.77. The van der Waals surface area contributed by atoms with Crippen LogP contribution in [0.2, 0.25) is 0 Å². The number of thioether (sulfide) groups is 1. The molecule has 1 heterocycles. The number of rotatable bonds is 8. The number of nitrogens with one attached hydrogen (secondary N) is 1. The molecular weight excluding hydrogens is 328 g/mol. The Kier molecular flexibility index (Phi) is 7.11. The normalized spacial score (nSPS) is 13.4. The molecule has 0 aromatic heterocycles. The van der Waals surface area contributed by atoms with E-state index in [1.165, 1.54) is 11.8 Å². The summed E-state index contributed by atoms with van der Waals surface area (Å²) >= 11 is 1.50. The maximum absolute atomic E-state index is 12.1. The first kappa shape index (κ1) is 18.3. The van der Waals surface area contributed by atoms with Gasteiger partial charge in [-0.15, -0.1) is 11.8 Å². The number of anilines is 1. The van der Waals surface area contributed by atoms with Gasteiger partial charge in [0.05, 0.1) is 17.9 Å². The van der Waals surface area contributed by atoms with Crippen molar-refractivity contribution in [3.05, 3.63) is 24.3 Å². The van der Waals surface area contributed by atoms with Crippen LogP contribution in [-0.4, -0.2) is 43.2 Å². The van der Waals surface area contributed by atoms with Crippen molar-refractivity contribution >= 4 is 35.2 Å². The SMILES string of the molecule is CCCCNC(=O)COC(=O)CCN1C(=O)CSc2ccccc21. The Bertz CT molecular complexity index is 606. The van der Waals surface area contributed by atoms with E-state index in [9.17, 15) is 14.4 Å². The summed E-state index contributed by atoms with van der Waals surface area (Å²) in [4.78, 5) is 38.0. The lowest BCUT2D eigenvalue weighted by atomic mass is 10.2. The molecule has 0 saturated carbocycles. The molecule has 2 amide bonds. The Morgan fingerprint density at radius 3 is 2.92 bits per heavy atom. The van der Waals surface area contributed by atoms with Gasteiger partial charge >= 0.3 is 5.97 Å². The fourth-order valence-corrected chi connectivity index (χ4v) is 3.21. The molecule has 7 heteroatoms. The lowest BCUT2D eigenvalue weighted by molar-refractivity contribution is -0.148. The highest BCUT2D eigenvalue weighted by molar-refractivity contribution is 8.00. The van der Waals surface area contributed by atoms with Gasteiger partial charge in [0.2, 0.25) is 5.91 Å². The second-order valence-electron chi connectivity index (χ2n) is 5.42. The minimum atomic E-state index is -0.482. The number of unbranched alkanes of at least 4 members (excludes halogenated alkanes) is 1. The van der Waals surface area contributed by atoms with Gasteiger partial charge in [-0.2, -0.15) is 0 Å². The summed E-state index contributed by atoms with van der Waals surface area (Å²) in [5.41, 5.74) is 0.823. The summed E-state index contributed by atoms with van der Waals surface area (Å²) in [5.74, 6) is -0.438. The van der Waals surface area contributed by atoms with Crippen LogP contribution in [0.15, 0.2) is 29.2 Å². The number of para-hydroxylation sites is 1. The third-order valence-electron chi connectivity index (χ3n) is 3.56. The van der Waals surface area contributed by atoms with Crippen molar-refractivity contribution in [2.24, 2.45) is 0 Å². The average Bonchev–Trinajstić information content (AvgIpc) is 2.59. The molecule has 0 unspecified atom stereocenters. The maximum atomic E-state index is 12.1. The minimum absolute atomic E-state index is 0.0243. The van der Waals surface area contributed by atoms with Crippen molar-refractivity contribution in [2.75, 3.05) is 30.3 Å². The fourth-order valence-electron chi connectivity index (χ4n) is 2.28. The van der Waals surface area contributed by atoms with Crippen LogP contribution in [0.3, 0.4) is 0 Å². The van der Waals surface area contributed by atoms with Gasteiger partial charge in [0.1, 0.15) is 0 Å². The largest absolute Gasteiger partial charge is 0.456 e. The van der Waals surface area contributed by atoms with E-state index in [1.807, 2.05) is 31.2 Å². The number of benzene rings is 1. The molecular formula is C17H22N2O4S. The molecule has 24 heavy (non-hydrogen) atoms. The molecule has 1 aliphatic heterocycles. The van der Waals surface area contributed by atoms with Crippen molar-refractivity contribution < 1.29 is 19.1 Å². The van der Waals surface area contributed by atoms with Crippen LogP contribution in [0.1, 0.15) is 26.2 Å². The quantitative estimate of drug-likeness (QED) is 0.573. The number of nitrogens with zero attached hydrogens (tertiary/aromatic N) is 1. The Morgan fingerprint density at radius 2 is 2.12 bits per heavy atom. The Labute approximate surface area is 145 Å². The lowest BCUT2D eigenvalue weighted by Gasteiger charge is -2.28. The second kappa shape index (κ2) is 9.32. The highest BCUT2D eigenvalue weighted by Gasteiger charge is 2.24. The predicted octanol–water partition coefficient (Wildman–Crippen LogP) is 1.97. The standard InChI is InChI=1S/C17H22N2O4S/c1-2-3-9-18-15(20)11-23-17(22)8-10-19-13-6-4-5-7-14(13)24-12-16(19)21/h4-7H,2-3,8-12H2,1H3,(H,18,20). The monoisotopic (exact) mass is 350 g/mol. The first-order valence-electron chi connectivity index (χ1n) is 8.06. The van der Waals surface area contributed by atoms with Crippen LogP contribution in [0.4, 0.5) is 5.69 Å². The highest BCUT2D eigenvalue weighted by Crippen LogP contribution is 2.34. The van der Waals surface area contributed by atoms with Gasteiger partial charge in [-0.1, -0.05) is 25.5 Å². The molecule has 6 nitrogen and oxygen atoms in total. The van der Waals surface area contributed by atoms with E-state index in [0.29, 0.717) is 12.3 Å². The number of ether oxygens (including phenoxy) is 1. The first-order valence-corrected chi connectivity index (χ1v) is 9.05. The molecule has 0 radical (unpaired) electrons. The van der Waals surface area contributed by atoms with Crippen LogP contribution >= 0.6 is 11.8 Å². The van der Waals surface area contributed by atoms with Crippen molar-refractivity contribution in [1.29, 1.82) is 0 Å². The first-order chi connectivity index (χ1) is 11.6. The summed E-state index contributed by atoms with van der Waals surface area (Å²) < 4.78 is 4.95. The molecule has 130 valence electrons. The minimum Gasteiger partial charge on any atom is -0.456 e. The molecule has 1 aliphatic rings. The van der Waals surface area contributed by atoms with Crippen LogP contribution in [-0.2, 0) is 19.1 Å². The summed E-state index contributed by atoms with van der Waals surface area (Å²) in [5, 5.41) is 2.68. The van der Waals surface area contributed by atoms with E-state index in [2.05, 4.69) is 5.32 Å². The number of carbonyl (C=O) groups excluding carboxylic acids is 3. The Morgan fingerprint density at radius 1 is 1.33 bits per heavy atom. The van der Waals surface area contributed by atoms with Crippen LogP contribution < -0.4 is 10.2 Å². The summed E-state index contributed by atoms with van der Waals surface area (Å²) in [7, 11) is 0. The maximum Gasteiger partial charge on any atom is 0.308 e. The molecule has 0 atom stereocenters. The van der Waals surface area contributed by atoms with Gasteiger partial charge in [0, 0.05) is 18.0 Å². The topological polar surface area (TPSA) is 75.7 Å². The highest BCUT2D eigenvalue weighted by atomic mass is 32.2. The van der Waals surface area contributed by atoms with Crippen molar-refractivity contribution in [1.82, 2.24) is 5.32 Å². The lowest BCUT2D eigenvalue weighted by Crippen LogP contribution is -2.37. The summed E-state index contributed by atoms with van der Waals surface area (Å²) in [6.07, 6.45) is 1.95. The van der Waals surface area contributed by atoms with E-state index in [4.69, 9.17) is 4.74 Å². The smallest absolute Gasteiger partial charge is 0.308 e. The van der Waals surface area contributed by atoms with Gasteiger partial charge in [0.25, 0.3) is 5.91 Å². The molecule has 1 aromatic rings. The Hall–Kier alpha value is -2.02. The fraction of sp³-hybridized carbons (Fsp3) is 0.471. The van der Waals surface area contributed by atoms with Crippen molar-refractivity contribution in [3.63, 3.8) is 0 Å². The van der Waals surface area contributed by atoms with Crippen molar-refractivity contribution in [2.45, 2.75) is 31.1 Å². The van der Waals surface area contributed by atoms with E-state index >= 15 is 0 Å². The zero-order chi connectivity index (χ0) is 17.4. The number of amides is 2. The van der Waals surface area contributed by atoms with Crippen LogP contribution in [0, 0.1) is 0 Å². The number of hydrogen-bond donors (Lipinski definition) is 1. The molecule has 0 fully saturated rings. The molecule has 2 rings (SSSR count). The van der Waals surface area contributed by atoms with E-state index < -0.39 is 5.97 Å². The molecule has 0 bridgehead atoms. The molecule has 1 aromatic carbocycles. The van der Waals surface area contributed by atoms with Crippen LogP contribution in [0.25, 0.3) is 0 Å². The number of hydrogen-bond acceptors (Lipinski definition) is 5. The van der Waals surface area contributed by atoms with E-state index in [1.54, 1.807) is 4.90 Å². The van der Waals surface area contributed by atoms with Gasteiger partial charge in [-0.05, 0) is 18.6 Å². The predicted molar refractivity (Wildman–Crippen MR) is 93.0 cm³/mol. The van der Waals surface area contributed by atoms with Crippen LogP contribution in [0.5, 0.6) is 0 Å². The molecule has 0 saturated heterocycles. The third kappa shape index (κ3) is 5.26. The van der Waals surface area contributed by atoms with Gasteiger partial charge < -0.3 is 15.0 Å². The van der Waals surface area contributed by atoms with Gasteiger partial charge in [0.15, 0.2) is 6.61 Å². The van der Waals surface area contributed by atoms with E-state index in [0.717, 1.165) is 23.4 Å².